The molecule has 3 N–H and O–H groups in total. The topological polar surface area (TPSA) is 117 Å². The molecule has 2 unspecified atom stereocenters. The summed E-state index contributed by atoms with van der Waals surface area (Å²) in [6, 6.07) is 4.17. The van der Waals surface area contributed by atoms with Gasteiger partial charge in [-0.2, -0.15) is 0 Å². The van der Waals surface area contributed by atoms with E-state index in [0.717, 1.165) is 18.0 Å². The number of amides is 4. The average Bonchev–Trinajstić information content (AvgIpc) is 2.94. The maximum absolute atomic E-state index is 13.0. The second-order valence-corrected chi connectivity index (χ2v) is 7.11. The van der Waals surface area contributed by atoms with Crippen molar-refractivity contribution < 1.29 is 23.9 Å². The van der Waals surface area contributed by atoms with E-state index >= 15 is 0 Å². The third kappa shape index (κ3) is 3.44. The Labute approximate surface area is 161 Å². The van der Waals surface area contributed by atoms with Crippen LogP contribution in [0, 0.1) is 0 Å². The first-order valence-corrected chi connectivity index (χ1v) is 9.43. The lowest BCUT2D eigenvalue weighted by Gasteiger charge is -2.27. The zero-order chi connectivity index (χ0) is 19.7. The third-order valence-electron chi connectivity index (χ3n) is 5.25. The van der Waals surface area contributed by atoms with Crippen molar-refractivity contribution in [2.45, 2.75) is 31.5 Å². The van der Waals surface area contributed by atoms with Gasteiger partial charge in [-0.15, -0.1) is 0 Å². The fourth-order valence-electron chi connectivity index (χ4n) is 3.85. The van der Waals surface area contributed by atoms with Crippen LogP contribution in [0.2, 0.25) is 0 Å². The van der Waals surface area contributed by atoms with Crippen molar-refractivity contribution in [3.8, 4) is 0 Å². The van der Waals surface area contributed by atoms with Crippen LogP contribution in [0.5, 0.6) is 0 Å². The van der Waals surface area contributed by atoms with E-state index in [4.69, 9.17) is 4.74 Å². The fourth-order valence-corrected chi connectivity index (χ4v) is 3.85. The molecule has 0 saturated carbocycles. The van der Waals surface area contributed by atoms with Crippen LogP contribution in [0.3, 0.4) is 0 Å². The van der Waals surface area contributed by atoms with Gasteiger partial charge in [0.15, 0.2) is 0 Å². The van der Waals surface area contributed by atoms with E-state index < -0.39 is 23.8 Å². The molecule has 9 nitrogen and oxygen atoms in total. The van der Waals surface area contributed by atoms with Crippen LogP contribution in [0.25, 0.3) is 0 Å². The number of piperidine rings is 1. The van der Waals surface area contributed by atoms with E-state index in [1.807, 2.05) is 0 Å². The molecule has 0 bridgehead atoms. The van der Waals surface area contributed by atoms with Gasteiger partial charge in [0.05, 0.1) is 23.8 Å². The molecule has 2 saturated heterocycles. The minimum Gasteiger partial charge on any atom is -0.374 e. The molecule has 9 heteroatoms. The van der Waals surface area contributed by atoms with Gasteiger partial charge >= 0.3 is 0 Å². The van der Waals surface area contributed by atoms with Crippen molar-refractivity contribution in [3.63, 3.8) is 0 Å². The molecule has 3 aliphatic rings. The number of nitrogens with one attached hydrogen (secondary N) is 3. The summed E-state index contributed by atoms with van der Waals surface area (Å²) >= 11 is 0. The Morgan fingerprint density at radius 2 is 2.04 bits per heavy atom. The molecule has 0 aromatic heterocycles. The monoisotopic (exact) mass is 386 g/mol. The van der Waals surface area contributed by atoms with Crippen LogP contribution in [0.1, 0.15) is 39.1 Å². The summed E-state index contributed by atoms with van der Waals surface area (Å²) in [7, 11) is 0. The Bertz CT molecular complexity index is 834. The number of hydrogen-bond acceptors (Lipinski definition) is 7. The van der Waals surface area contributed by atoms with Crippen LogP contribution < -0.4 is 16.0 Å². The molecule has 0 radical (unpaired) electrons. The summed E-state index contributed by atoms with van der Waals surface area (Å²) in [5, 5.41) is 8.73. The number of carbonyl (C=O) groups is 4. The number of fused-ring (bicyclic) bond motifs is 1. The first-order chi connectivity index (χ1) is 13.6. The summed E-state index contributed by atoms with van der Waals surface area (Å²) in [6.45, 7) is 3.30. The zero-order valence-corrected chi connectivity index (χ0v) is 15.3. The van der Waals surface area contributed by atoms with E-state index in [1.165, 1.54) is 0 Å². The second kappa shape index (κ2) is 7.78. The SMILES string of the molecule is O=C1CCC(N2C(=O)c3cccc(CNCC4CNCCO4)c3C2=O)C(=O)N1. The Balaban J connectivity index is 1.49. The highest BCUT2D eigenvalue weighted by Gasteiger charge is 2.45. The van der Waals surface area contributed by atoms with Gasteiger partial charge in [-0.3, -0.25) is 29.4 Å². The predicted molar refractivity (Wildman–Crippen MR) is 97.4 cm³/mol. The number of nitrogens with zero attached hydrogens (tertiary/aromatic N) is 1. The molecular formula is C19H22N4O5. The highest BCUT2D eigenvalue weighted by atomic mass is 16.5. The van der Waals surface area contributed by atoms with Crippen LogP contribution >= 0.6 is 0 Å². The summed E-state index contributed by atoms with van der Waals surface area (Å²) in [5.74, 6) is -1.96. The van der Waals surface area contributed by atoms with E-state index in [-0.39, 0.29) is 24.9 Å². The van der Waals surface area contributed by atoms with Gasteiger partial charge in [-0.25, -0.2) is 0 Å². The Hall–Kier alpha value is -2.62. The van der Waals surface area contributed by atoms with Gasteiger partial charge in [-0.05, 0) is 18.1 Å². The normalized spacial score (nSPS) is 25.1. The molecule has 2 atom stereocenters. The summed E-state index contributed by atoms with van der Waals surface area (Å²) < 4.78 is 5.64. The van der Waals surface area contributed by atoms with Gasteiger partial charge < -0.3 is 15.4 Å². The van der Waals surface area contributed by atoms with Crippen molar-refractivity contribution in [3.05, 3.63) is 34.9 Å². The minimum atomic E-state index is -0.951. The van der Waals surface area contributed by atoms with Crippen LogP contribution in [-0.2, 0) is 20.9 Å². The number of carbonyl (C=O) groups excluding carboxylic acids is 4. The van der Waals surface area contributed by atoms with E-state index in [9.17, 15) is 19.2 Å². The molecule has 2 fully saturated rings. The molecule has 4 amide bonds. The molecule has 148 valence electrons. The average molecular weight is 386 g/mol. The number of hydrogen-bond donors (Lipinski definition) is 3. The smallest absolute Gasteiger partial charge is 0.262 e. The van der Waals surface area contributed by atoms with Crippen LogP contribution in [0.15, 0.2) is 18.2 Å². The highest BCUT2D eigenvalue weighted by molar-refractivity contribution is 6.24. The molecule has 3 heterocycles. The number of benzene rings is 1. The quantitative estimate of drug-likeness (QED) is 0.565. The molecule has 0 spiro atoms. The van der Waals surface area contributed by atoms with Gasteiger partial charge in [0, 0.05) is 32.6 Å². The number of imide groups is 2. The van der Waals surface area contributed by atoms with Gasteiger partial charge in [0.2, 0.25) is 11.8 Å². The highest BCUT2D eigenvalue weighted by Crippen LogP contribution is 2.29. The molecule has 4 rings (SSSR count). The number of rotatable bonds is 5. The Kier molecular flexibility index (Phi) is 5.21. The van der Waals surface area contributed by atoms with Gasteiger partial charge in [-0.1, -0.05) is 12.1 Å². The molecular weight excluding hydrogens is 364 g/mol. The van der Waals surface area contributed by atoms with Crippen molar-refractivity contribution >= 4 is 23.6 Å². The van der Waals surface area contributed by atoms with Crippen molar-refractivity contribution in [1.82, 2.24) is 20.9 Å². The lowest BCUT2D eigenvalue weighted by molar-refractivity contribution is -0.136. The lowest BCUT2D eigenvalue weighted by Crippen LogP contribution is -2.54. The maximum Gasteiger partial charge on any atom is 0.262 e. The van der Waals surface area contributed by atoms with Crippen LogP contribution in [0.4, 0.5) is 0 Å². The Morgan fingerprint density at radius 3 is 2.79 bits per heavy atom. The second-order valence-electron chi connectivity index (χ2n) is 7.11. The maximum atomic E-state index is 13.0. The summed E-state index contributed by atoms with van der Waals surface area (Å²) in [5.41, 5.74) is 1.33. The summed E-state index contributed by atoms with van der Waals surface area (Å²) in [6.07, 6.45) is 0.312. The third-order valence-corrected chi connectivity index (χ3v) is 5.25. The molecule has 28 heavy (non-hydrogen) atoms. The molecule has 1 aromatic rings. The fraction of sp³-hybridized carbons (Fsp3) is 0.474. The van der Waals surface area contributed by atoms with E-state index in [1.54, 1.807) is 18.2 Å². The predicted octanol–water partition coefficient (Wildman–Crippen LogP) is -0.834. The first-order valence-electron chi connectivity index (χ1n) is 9.43. The zero-order valence-electron chi connectivity index (χ0n) is 15.3. The van der Waals surface area contributed by atoms with Crippen LogP contribution in [-0.4, -0.2) is 66.9 Å². The largest absolute Gasteiger partial charge is 0.374 e. The molecule has 3 aliphatic heterocycles. The van der Waals surface area contributed by atoms with Gasteiger partial charge in [0.1, 0.15) is 6.04 Å². The van der Waals surface area contributed by atoms with Crippen molar-refractivity contribution in [2.75, 3.05) is 26.2 Å². The Morgan fingerprint density at radius 1 is 1.18 bits per heavy atom. The summed E-state index contributed by atoms with van der Waals surface area (Å²) in [4.78, 5) is 50.3. The molecule has 1 aromatic carbocycles. The van der Waals surface area contributed by atoms with Crippen molar-refractivity contribution in [1.29, 1.82) is 0 Å². The van der Waals surface area contributed by atoms with E-state index in [2.05, 4.69) is 16.0 Å². The minimum absolute atomic E-state index is 0.0582. The first kappa shape index (κ1) is 18.7. The number of ether oxygens (including phenoxy) is 1. The standard InChI is InChI=1S/C19H22N4O5/c24-15-5-4-14(17(25)22-15)23-18(26)13-3-1-2-11(16(13)19(23)27)8-21-10-12-9-20-6-7-28-12/h1-3,12,14,20-21H,4-10H2,(H,22,24,25). The van der Waals surface area contributed by atoms with Crippen molar-refractivity contribution in [2.24, 2.45) is 0 Å². The van der Waals surface area contributed by atoms with Gasteiger partial charge in [0.25, 0.3) is 11.8 Å². The lowest BCUT2D eigenvalue weighted by atomic mass is 10.0. The molecule has 0 aliphatic carbocycles. The van der Waals surface area contributed by atoms with E-state index in [0.29, 0.717) is 36.4 Å². The number of morpholine rings is 1.